The Hall–Kier alpha value is -2.99. The van der Waals surface area contributed by atoms with Gasteiger partial charge >= 0.3 is 0 Å². The number of primary amides is 1. The van der Waals surface area contributed by atoms with Gasteiger partial charge in [0, 0.05) is 12.6 Å². The number of amides is 2. The Labute approximate surface area is 172 Å². The van der Waals surface area contributed by atoms with Crippen molar-refractivity contribution in [3.8, 4) is 0 Å². The van der Waals surface area contributed by atoms with Gasteiger partial charge < -0.3 is 11.1 Å². The minimum atomic E-state index is -0.845. The predicted molar refractivity (Wildman–Crippen MR) is 111 cm³/mol. The van der Waals surface area contributed by atoms with E-state index in [0.717, 1.165) is 16.7 Å². The van der Waals surface area contributed by atoms with Crippen LogP contribution in [0.1, 0.15) is 22.6 Å². The number of carbonyl (C=O) groups is 2. The molecule has 3 aromatic rings. The lowest BCUT2D eigenvalue weighted by atomic mass is 9.90. The van der Waals surface area contributed by atoms with E-state index >= 15 is 0 Å². The molecule has 0 saturated carbocycles. The third-order valence-corrected chi connectivity index (χ3v) is 5.16. The van der Waals surface area contributed by atoms with Gasteiger partial charge in [-0.1, -0.05) is 66.7 Å². The van der Waals surface area contributed by atoms with Crippen molar-refractivity contribution in [2.75, 3.05) is 0 Å². The number of hydrogen-bond acceptors (Lipinski definition) is 3. The third kappa shape index (κ3) is 4.84. The Morgan fingerprint density at radius 1 is 0.929 bits per heavy atom. The molecule has 1 heterocycles. The summed E-state index contributed by atoms with van der Waals surface area (Å²) in [5.74, 6) is -1.41. The maximum atomic E-state index is 13.2. The average Bonchev–Trinajstić information content (AvgIpc) is 2.71. The summed E-state index contributed by atoms with van der Waals surface area (Å²) in [7, 11) is 0. The van der Waals surface area contributed by atoms with Crippen LogP contribution >= 0.6 is 15.9 Å². The number of pyridine rings is 1. The Balaban J connectivity index is 1.87. The highest BCUT2D eigenvalue weighted by molar-refractivity contribution is 9.10. The Kier molecular flexibility index (Phi) is 6.55. The fourth-order valence-corrected chi connectivity index (χ4v) is 3.47. The summed E-state index contributed by atoms with van der Waals surface area (Å²) in [6, 6.07) is 21.7. The van der Waals surface area contributed by atoms with Crippen molar-refractivity contribution in [2.24, 2.45) is 5.73 Å². The van der Waals surface area contributed by atoms with Gasteiger partial charge in [-0.05, 0) is 38.7 Å². The number of benzene rings is 2. The fraction of sp³-hybridized carbons (Fsp3) is 0.136. The second kappa shape index (κ2) is 9.28. The molecule has 0 aliphatic heterocycles. The molecule has 0 unspecified atom stereocenters. The van der Waals surface area contributed by atoms with Crippen LogP contribution in [0.15, 0.2) is 83.6 Å². The Morgan fingerprint density at radius 2 is 1.50 bits per heavy atom. The van der Waals surface area contributed by atoms with Crippen LogP contribution in [0.3, 0.4) is 0 Å². The molecular weight excluding hydrogens is 418 g/mol. The number of halogens is 1. The van der Waals surface area contributed by atoms with E-state index in [0.29, 0.717) is 4.60 Å². The largest absolute Gasteiger partial charge is 0.368 e. The highest BCUT2D eigenvalue weighted by Crippen LogP contribution is 2.25. The van der Waals surface area contributed by atoms with E-state index in [1.807, 2.05) is 66.7 Å². The molecule has 3 rings (SSSR count). The van der Waals surface area contributed by atoms with Gasteiger partial charge in [-0.2, -0.15) is 0 Å². The van der Waals surface area contributed by atoms with E-state index in [1.165, 1.54) is 0 Å². The number of aromatic nitrogens is 1. The topological polar surface area (TPSA) is 85.1 Å². The van der Waals surface area contributed by atoms with E-state index in [9.17, 15) is 9.59 Å². The zero-order chi connectivity index (χ0) is 19.9. The Morgan fingerprint density at radius 3 is 2.00 bits per heavy atom. The van der Waals surface area contributed by atoms with Crippen LogP contribution in [0.25, 0.3) is 0 Å². The highest BCUT2D eigenvalue weighted by Gasteiger charge is 2.27. The van der Waals surface area contributed by atoms with Gasteiger partial charge in [0.05, 0.1) is 5.92 Å². The lowest BCUT2D eigenvalue weighted by molar-refractivity contribution is -0.127. The van der Waals surface area contributed by atoms with Gasteiger partial charge in [0.2, 0.25) is 11.8 Å². The van der Waals surface area contributed by atoms with E-state index in [-0.39, 0.29) is 12.3 Å². The lowest BCUT2D eigenvalue weighted by Gasteiger charge is -2.22. The summed E-state index contributed by atoms with van der Waals surface area (Å²) >= 11 is 3.37. The molecule has 2 aromatic carbocycles. The van der Waals surface area contributed by atoms with Crippen LogP contribution in [-0.4, -0.2) is 22.8 Å². The van der Waals surface area contributed by atoms with E-state index < -0.39 is 17.9 Å². The molecule has 142 valence electrons. The first-order valence-corrected chi connectivity index (χ1v) is 9.64. The summed E-state index contributed by atoms with van der Waals surface area (Å²) in [6.07, 6.45) is 1.90. The van der Waals surface area contributed by atoms with Gasteiger partial charge in [0.25, 0.3) is 0 Å². The summed E-state index contributed by atoms with van der Waals surface area (Å²) in [5.41, 5.74) is 8.05. The molecule has 0 radical (unpaired) electrons. The van der Waals surface area contributed by atoms with Crippen LogP contribution in [0.5, 0.6) is 0 Å². The van der Waals surface area contributed by atoms with Crippen LogP contribution in [0.4, 0.5) is 0 Å². The van der Waals surface area contributed by atoms with Crippen LogP contribution in [0, 0.1) is 0 Å². The fourth-order valence-electron chi connectivity index (χ4n) is 3.06. The Bertz CT molecular complexity index is 909. The number of nitrogens with two attached hydrogens (primary N) is 1. The summed E-state index contributed by atoms with van der Waals surface area (Å²) < 4.78 is 0.623. The molecule has 0 spiro atoms. The number of hydrogen-bond donors (Lipinski definition) is 2. The molecule has 28 heavy (non-hydrogen) atoms. The molecule has 1 aromatic heterocycles. The molecule has 3 N–H and O–H groups in total. The second-order valence-electron chi connectivity index (χ2n) is 6.38. The van der Waals surface area contributed by atoms with Gasteiger partial charge in [0.1, 0.15) is 10.6 Å². The number of nitrogens with zero attached hydrogens (tertiary/aromatic N) is 1. The summed E-state index contributed by atoms with van der Waals surface area (Å²) in [5, 5.41) is 2.83. The lowest BCUT2D eigenvalue weighted by Crippen LogP contribution is -2.47. The highest BCUT2D eigenvalue weighted by atomic mass is 79.9. The zero-order valence-electron chi connectivity index (χ0n) is 15.1. The zero-order valence-corrected chi connectivity index (χ0v) is 16.7. The molecule has 5 nitrogen and oxygen atoms in total. The van der Waals surface area contributed by atoms with Crippen molar-refractivity contribution in [3.63, 3.8) is 0 Å². The molecule has 2 amide bonds. The van der Waals surface area contributed by atoms with Crippen molar-refractivity contribution in [3.05, 3.63) is 100 Å². The van der Waals surface area contributed by atoms with Crippen LogP contribution in [0.2, 0.25) is 0 Å². The molecule has 0 bridgehead atoms. The number of rotatable bonds is 7. The van der Waals surface area contributed by atoms with Crippen LogP contribution < -0.4 is 11.1 Å². The number of carbonyl (C=O) groups excluding carboxylic acids is 2. The van der Waals surface area contributed by atoms with Crippen molar-refractivity contribution in [2.45, 2.75) is 18.4 Å². The van der Waals surface area contributed by atoms with E-state index in [2.05, 4.69) is 26.2 Å². The smallest absolute Gasteiger partial charge is 0.240 e. The normalized spacial score (nSPS) is 11.8. The van der Waals surface area contributed by atoms with E-state index in [4.69, 9.17) is 5.73 Å². The van der Waals surface area contributed by atoms with Crippen molar-refractivity contribution < 1.29 is 9.59 Å². The summed E-state index contributed by atoms with van der Waals surface area (Å²) in [4.78, 5) is 29.4. The monoisotopic (exact) mass is 437 g/mol. The van der Waals surface area contributed by atoms with Gasteiger partial charge in [-0.25, -0.2) is 4.98 Å². The molecule has 6 heteroatoms. The summed E-state index contributed by atoms with van der Waals surface area (Å²) in [6.45, 7) is 0. The first kappa shape index (κ1) is 19.8. The number of nitrogens with one attached hydrogen (secondary N) is 1. The van der Waals surface area contributed by atoms with Gasteiger partial charge in [-0.15, -0.1) is 0 Å². The van der Waals surface area contributed by atoms with Gasteiger partial charge in [-0.3, -0.25) is 9.59 Å². The van der Waals surface area contributed by atoms with Gasteiger partial charge in [0.15, 0.2) is 0 Å². The molecule has 0 aliphatic carbocycles. The first-order valence-electron chi connectivity index (χ1n) is 8.85. The standard InChI is InChI=1S/C22H20BrN3O2/c23-20-17(12-7-13-25-20)14-18(21(24)27)26-22(28)19(15-8-3-1-4-9-15)16-10-5-2-6-11-16/h1-13,18-19H,14H2,(H2,24,27)(H,26,28)/t18-/m0/s1. The predicted octanol–water partition coefficient (Wildman–Crippen LogP) is 3.19. The molecular formula is C22H20BrN3O2. The minimum Gasteiger partial charge on any atom is -0.368 e. The first-order chi connectivity index (χ1) is 13.6. The SMILES string of the molecule is NC(=O)[C@H](Cc1cccnc1Br)NC(=O)C(c1ccccc1)c1ccccc1. The maximum Gasteiger partial charge on any atom is 0.240 e. The minimum absolute atomic E-state index is 0.256. The van der Waals surface area contributed by atoms with Crippen molar-refractivity contribution in [1.82, 2.24) is 10.3 Å². The quantitative estimate of drug-likeness (QED) is 0.556. The van der Waals surface area contributed by atoms with Crippen LogP contribution in [-0.2, 0) is 16.0 Å². The molecule has 1 atom stereocenters. The second-order valence-corrected chi connectivity index (χ2v) is 7.13. The maximum absolute atomic E-state index is 13.2. The average molecular weight is 438 g/mol. The molecule has 0 fully saturated rings. The van der Waals surface area contributed by atoms with Crippen molar-refractivity contribution >= 4 is 27.7 Å². The third-order valence-electron chi connectivity index (χ3n) is 4.45. The molecule has 0 saturated heterocycles. The van der Waals surface area contributed by atoms with Crippen molar-refractivity contribution in [1.29, 1.82) is 0 Å². The van der Waals surface area contributed by atoms with E-state index in [1.54, 1.807) is 12.3 Å². The molecule has 0 aliphatic rings.